The molecule has 0 fully saturated rings. The van der Waals surface area contributed by atoms with E-state index >= 15 is 0 Å². The Labute approximate surface area is 96.6 Å². The van der Waals surface area contributed by atoms with Gasteiger partial charge in [-0.3, -0.25) is 15.1 Å². The highest BCUT2D eigenvalue weighted by atomic mass is 17.1. The fraction of sp³-hybridized carbons (Fsp3) is 0.571. The van der Waals surface area contributed by atoms with Gasteiger partial charge in [0.05, 0.1) is 0 Å². The highest BCUT2D eigenvalue weighted by Gasteiger charge is 2.09. The summed E-state index contributed by atoms with van der Waals surface area (Å²) in [5.74, 6) is -1.11. The number of nitrogens with one attached hydrogen (secondary N) is 2. The topological polar surface area (TPSA) is 192 Å². The van der Waals surface area contributed by atoms with E-state index in [0.717, 1.165) is 0 Å². The van der Waals surface area contributed by atoms with Gasteiger partial charge in [0.15, 0.2) is 5.96 Å². The Hall–Kier alpha value is -2.07. The van der Waals surface area contributed by atoms with Crippen molar-refractivity contribution in [3.05, 3.63) is 0 Å². The lowest BCUT2D eigenvalue weighted by Gasteiger charge is -2.06. The number of nitrogens with two attached hydrogens (primary N) is 2. The van der Waals surface area contributed by atoms with Crippen LogP contribution < -0.4 is 16.8 Å². The normalized spacial score (nSPS) is 10.5. The van der Waals surface area contributed by atoms with Crippen molar-refractivity contribution >= 4 is 18.1 Å². The predicted molar refractivity (Wildman–Crippen MR) is 56.5 cm³/mol. The van der Waals surface area contributed by atoms with Gasteiger partial charge >= 0.3 is 12.1 Å². The van der Waals surface area contributed by atoms with Crippen molar-refractivity contribution < 1.29 is 29.9 Å². The quantitative estimate of drug-likeness (QED) is 0.104. The van der Waals surface area contributed by atoms with Crippen molar-refractivity contribution in [2.75, 3.05) is 6.54 Å². The molecule has 0 aliphatic heterocycles. The number of carboxylic acid groups (broad SMARTS) is 2. The van der Waals surface area contributed by atoms with Gasteiger partial charge in [0.25, 0.3) is 0 Å². The minimum absolute atomic E-state index is 0.112. The Bertz CT molecular complexity index is 259. The van der Waals surface area contributed by atoms with Gasteiger partial charge in [0, 0.05) is 6.54 Å². The molecule has 0 bridgehead atoms. The van der Waals surface area contributed by atoms with E-state index in [0.29, 0.717) is 19.4 Å². The molecule has 0 rings (SSSR count). The molecule has 0 aromatic heterocycles. The number of hydrogen-bond donors (Lipinski definition) is 7. The predicted octanol–water partition coefficient (Wildman–Crippen LogP) is -1.18. The van der Waals surface area contributed by atoms with Gasteiger partial charge in [-0.25, -0.2) is 4.79 Å². The molecule has 100 valence electrons. The van der Waals surface area contributed by atoms with Gasteiger partial charge in [-0.1, -0.05) is 0 Å². The van der Waals surface area contributed by atoms with E-state index in [-0.39, 0.29) is 5.96 Å². The lowest BCUT2D eigenvalue weighted by molar-refractivity contribution is -0.194. The van der Waals surface area contributed by atoms with Crippen LogP contribution in [0, 0.1) is 5.41 Å². The van der Waals surface area contributed by atoms with E-state index in [9.17, 15) is 4.79 Å². The third-order valence-electron chi connectivity index (χ3n) is 1.40. The van der Waals surface area contributed by atoms with Crippen LogP contribution in [0.2, 0.25) is 0 Å². The molecule has 0 aliphatic rings. The summed E-state index contributed by atoms with van der Waals surface area (Å²) in [6.45, 7) is 0.482. The summed E-state index contributed by atoms with van der Waals surface area (Å²) in [6, 6.07) is -0.821. The first kappa shape index (κ1) is 17.3. The SMILES string of the molecule is N=C(N)NCCCC(N)C(=O)O.O=C(O)OO. The van der Waals surface area contributed by atoms with Crippen molar-refractivity contribution in [2.45, 2.75) is 18.9 Å². The molecule has 10 heteroatoms. The molecular weight excluding hydrogens is 236 g/mol. The maximum absolute atomic E-state index is 10.2. The summed E-state index contributed by atoms with van der Waals surface area (Å²) < 4.78 is 0. The van der Waals surface area contributed by atoms with Gasteiger partial charge in [-0.15, -0.1) is 0 Å². The monoisotopic (exact) mass is 252 g/mol. The van der Waals surface area contributed by atoms with Crippen molar-refractivity contribution in [1.82, 2.24) is 5.32 Å². The zero-order valence-electron chi connectivity index (χ0n) is 8.92. The molecule has 0 saturated carbocycles. The standard InChI is InChI=1S/C6H14N4O2.CH2O4/c7-4(5(11)12)2-1-3-10-6(8)9;2-1(3)5-4/h4H,1-3,7H2,(H,11,12)(H4,8,9,10);4H,(H,2,3). The molecule has 17 heavy (non-hydrogen) atoms. The van der Waals surface area contributed by atoms with Crippen molar-refractivity contribution in [3.63, 3.8) is 0 Å². The first-order valence-electron chi connectivity index (χ1n) is 4.41. The molecule has 1 atom stereocenters. The van der Waals surface area contributed by atoms with Crippen LogP contribution in [0.4, 0.5) is 4.79 Å². The van der Waals surface area contributed by atoms with E-state index < -0.39 is 18.2 Å². The molecule has 0 aromatic rings. The van der Waals surface area contributed by atoms with Gasteiger partial charge in [0.1, 0.15) is 6.04 Å². The lowest BCUT2D eigenvalue weighted by Crippen LogP contribution is -2.34. The average molecular weight is 252 g/mol. The van der Waals surface area contributed by atoms with Gasteiger partial charge in [-0.05, 0) is 12.8 Å². The maximum Gasteiger partial charge on any atom is 0.537 e. The molecule has 1 unspecified atom stereocenters. The first-order valence-corrected chi connectivity index (χ1v) is 4.41. The number of carboxylic acids is 1. The summed E-state index contributed by atoms with van der Waals surface area (Å²) in [4.78, 5) is 21.8. The van der Waals surface area contributed by atoms with E-state index in [1.165, 1.54) is 0 Å². The van der Waals surface area contributed by atoms with Gasteiger partial charge in [-0.2, -0.15) is 5.26 Å². The molecule has 10 nitrogen and oxygen atoms in total. The molecular formula is C7H16N4O6. The second-order valence-corrected chi connectivity index (χ2v) is 2.78. The van der Waals surface area contributed by atoms with Crippen LogP contribution in [-0.2, 0) is 9.68 Å². The van der Waals surface area contributed by atoms with Crippen LogP contribution in [0.1, 0.15) is 12.8 Å². The summed E-state index contributed by atoms with van der Waals surface area (Å²) in [5.41, 5.74) is 10.2. The summed E-state index contributed by atoms with van der Waals surface area (Å²) >= 11 is 0. The van der Waals surface area contributed by atoms with Gasteiger partial charge in [0.2, 0.25) is 0 Å². The number of rotatable bonds is 5. The Morgan fingerprint density at radius 2 is 1.88 bits per heavy atom. The van der Waals surface area contributed by atoms with Crippen molar-refractivity contribution in [3.8, 4) is 0 Å². The maximum atomic E-state index is 10.2. The molecule has 0 amide bonds. The molecule has 0 radical (unpaired) electrons. The van der Waals surface area contributed by atoms with Gasteiger partial charge < -0.3 is 27.0 Å². The third kappa shape index (κ3) is 16.6. The number of hydrogen-bond acceptors (Lipinski definition) is 6. The highest BCUT2D eigenvalue weighted by Crippen LogP contribution is 1.92. The number of carbonyl (C=O) groups is 2. The van der Waals surface area contributed by atoms with Crippen LogP contribution in [-0.4, -0.2) is 46.1 Å². The first-order chi connectivity index (χ1) is 7.81. The third-order valence-corrected chi connectivity index (χ3v) is 1.40. The highest BCUT2D eigenvalue weighted by molar-refractivity contribution is 5.74. The van der Waals surface area contributed by atoms with Crippen molar-refractivity contribution in [2.24, 2.45) is 11.5 Å². The molecule has 0 saturated heterocycles. The fourth-order valence-corrected chi connectivity index (χ4v) is 0.669. The molecule has 0 spiro atoms. The Balaban J connectivity index is 0. The summed E-state index contributed by atoms with van der Waals surface area (Å²) in [6.07, 6.45) is -0.715. The second kappa shape index (κ2) is 10.4. The number of guanidine groups is 1. The average Bonchev–Trinajstić information content (AvgIpc) is 2.24. The van der Waals surface area contributed by atoms with Crippen LogP contribution >= 0.6 is 0 Å². The van der Waals surface area contributed by atoms with Crippen LogP contribution in [0.15, 0.2) is 0 Å². The summed E-state index contributed by atoms with van der Waals surface area (Å²) in [7, 11) is 0. The summed E-state index contributed by atoms with van der Waals surface area (Å²) in [5, 5.41) is 32.0. The molecule has 0 aliphatic carbocycles. The Kier molecular flexibility index (Phi) is 10.6. The molecule has 0 aromatic carbocycles. The molecule has 0 heterocycles. The minimum atomic E-state index is -1.69. The van der Waals surface area contributed by atoms with E-state index in [1.54, 1.807) is 0 Å². The smallest absolute Gasteiger partial charge is 0.480 e. The largest absolute Gasteiger partial charge is 0.537 e. The zero-order valence-corrected chi connectivity index (χ0v) is 8.92. The van der Waals surface area contributed by atoms with Crippen LogP contribution in [0.25, 0.3) is 0 Å². The number of aliphatic carboxylic acids is 1. The lowest BCUT2D eigenvalue weighted by atomic mass is 10.2. The van der Waals surface area contributed by atoms with E-state index in [2.05, 4.69) is 10.2 Å². The Morgan fingerprint density at radius 3 is 2.18 bits per heavy atom. The zero-order chi connectivity index (χ0) is 13.8. The van der Waals surface area contributed by atoms with E-state index in [4.69, 9.17) is 37.1 Å². The minimum Gasteiger partial charge on any atom is -0.480 e. The van der Waals surface area contributed by atoms with E-state index in [1.807, 2.05) is 0 Å². The second-order valence-electron chi connectivity index (χ2n) is 2.78. The Morgan fingerprint density at radius 1 is 1.41 bits per heavy atom. The van der Waals surface area contributed by atoms with Crippen LogP contribution in [0.5, 0.6) is 0 Å². The van der Waals surface area contributed by atoms with Crippen molar-refractivity contribution in [1.29, 1.82) is 5.41 Å². The van der Waals surface area contributed by atoms with Crippen LogP contribution in [0.3, 0.4) is 0 Å². The fourth-order valence-electron chi connectivity index (χ4n) is 0.669. The molecule has 9 N–H and O–H groups in total.